The van der Waals surface area contributed by atoms with Gasteiger partial charge in [0.2, 0.25) is 0 Å². The van der Waals surface area contributed by atoms with Crippen molar-refractivity contribution in [3.63, 3.8) is 0 Å². The van der Waals surface area contributed by atoms with Gasteiger partial charge < -0.3 is 20.3 Å². The first kappa shape index (κ1) is 14.2. The third-order valence-electron chi connectivity index (χ3n) is 4.28. The second kappa shape index (κ2) is 5.93. The predicted molar refractivity (Wildman–Crippen MR) is 83.6 cm³/mol. The maximum atomic E-state index is 12.4. The molecule has 1 atom stereocenters. The van der Waals surface area contributed by atoms with Crippen LogP contribution in [0.5, 0.6) is 5.75 Å². The Morgan fingerprint density at radius 3 is 2.76 bits per heavy atom. The van der Waals surface area contributed by atoms with E-state index in [4.69, 9.17) is 10.5 Å². The summed E-state index contributed by atoms with van der Waals surface area (Å²) in [6, 6.07) is 5.50. The number of hydrogen-bond donors (Lipinski definition) is 1. The molecular weight excluding hydrogens is 266 g/mol. The number of nitrogens with two attached hydrogens (primary N) is 1. The molecule has 1 fully saturated rings. The molecule has 3 rings (SSSR count). The first-order chi connectivity index (χ1) is 10.1. The van der Waals surface area contributed by atoms with Gasteiger partial charge in [-0.2, -0.15) is 0 Å². The van der Waals surface area contributed by atoms with E-state index in [1.165, 1.54) is 19.3 Å². The molecule has 2 heterocycles. The molecule has 2 aliphatic rings. The summed E-state index contributed by atoms with van der Waals surface area (Å²) in [6.07, 6.45) is 3.41. The highest BCUT2D eigenvalue weighted by Gasteiger charge is 2.31. The number of fused-ring (bicyclic) bond motifs is 1. The molecular formula is C16H23N3O2. The number of carbonyl (C=O) groups excluding carboxylic acids is 1. The Bertz CT molecular complexity index is 526. The largest absolute Gasteiger partial charge is 0.479 e. The quantitative estimate of drug-likeness (QED) is 0.863. The summed E-state index contributed by atoms with van der Waals surface area (Å²) in [5.74, 6) is 0.741. The lowest BCUT2D eigenvalue weighted by Gasteiger charge is -2.35. The molecule has 5 nitrogen and oxygen atoms in total. The predicted octanol–water partition coefficient (Wildman–Crippen LogP) is 1.87. The molecule has 1 saturated heterocycles. The number of anilines is 2. The van der Waals surface area contributed by atoms with Gasteiger partial charge in [0.05, 0.1) is 5.69 Å². The highest BCUT2D eigenvalue weighted by atomic mass is 16.5. The fourth-order valence-electron chi connectivity index (χ4n) is 3.08. The van der Waals surface area contributed by atoms with Crippen LogP contribution >= 0.6 is 0 Å². The standard InChI is InChI=1S/C16H23N3O2/c1-12-16(20)19(10-9-18-7-3-2-4-8-18)14-6-5-13(17)11-15(14)21-12/h5-6,11-12H,2-4,7-10,17H2,1H3. The molecule has 1 aromatic rings. The molecule has 5 heteroatoms. The Kier molecular flexibility index (Phi) is 4.01. The fraction of sp³-hybridized carbons (Fsp3) is 0.562. The number of nitrogen functional groups attached to an aromatic ring is 1. The lowest BCUT2D eigenvalue weighted by atomic mass is 10.1. The van der Waals surface area contributed by atoms with Gasteiger partial charge in [-0.1, -0.05) is 6.42 Å². The van der Waals surface area contributed by atoms with E-state index < -0.39 is 6.10 Å². The number of carbonyl (C=O) groups is 1. The van der Waals surface area contributed by atoms with Crippen LogP contribution in [0.4, 0.5) is 11.4 Å². The highest BCUT2D eigenvalue weighted by Crippen LogP contribution is 2.35. The molecule has 114 valence electrons. The molecule has 0 saturated carbocycles. The van der Waals surface area contributed by atoms with Crippen molar-refractivity contribution < 1.29 is 9.53 Å². The first-order valence-electron chi connectivity index (χ1n) is 7.75. The van der Waals surface area contributed by atoms with Gasteiger partial charge in [0.25, 0.3) is 5.91 Å². The molecule has 0 radical (unpaired) electrons. The lowest BCUT2D eigenvalue weighted by Crippen LogP contribution is -2.48. The Morgan fingerprint density at radius 2 is 2.00 bits per heavy atom. The van der Waals surface area contributed by atoms with Crippen LogP contribution in [0.1, 0.15) is 26.2 Å². The van der Waals surface area contributed by atoms with E-state index in [0.29, 0.717) is 18.0 Å². The summed E-state index contributed by atoms with van der Waals surface area (Å²) >= 11 is 0. The van der Waals surface area contributed by atoms with Crippen LogP contribution in [0, 0.1) is 0 Å². The number of nitrogens with zero attached hydrogens (tertiary/aromatic N) is 2. The number of rotatable bonds is 3. The SMILES string of the molecule is CC1Oc2cc(N)ccc2N(CCN2CCCCC2)C1=O. The normalized spacial score (nSPS) is 22.8. The van der Waals surface area contributed by atoms with Crippen LogP contribution < -0.4 is 15.4 Å². The van der Waals surface area contributed by atoms with Gasteiger partial charge in [0, 0.05) is 24.8 Å². The summed E-state index contributed by atoms with van der Waals surface area (Å²) in [6.45, 7) is 5.71. The van der Waals surface area contributed by atoms with Crippen molar-refractivity contribution in [1.29, 1.82) is 0 Å². The highest BCUT2D eigenvalue weighted by molar-refractivity contribution is 6.00. The van der Waals surface area contributed by atoms with Crippen molar-refractivity contribution in [2.75, 3.05) is 36.8 Å². The van der Waals surface area contributed by atoms with E-state index in [1.54, 1.807) is 13.0 Å². The monoisotopic (exact) mass is 289 g/mol. The average Bonchev–Trinajstić information content (AvgIpc) is 2.49. The number of amides is 1. The number of ether oxygens (including phenoxy) is 1. The Labute approximate surface area is 125 Å². The van der Waals surface area contributed by atoms with Crippen molar-refractivity contribution in [1.82, 2.24) is 4.90 Å². The molecule has 0 aromatic heterocycles. The van der Waals surface area contributed by atoms with Crippen LogP contribution in [-0.4, -0.2) is 43.1 Å². The van der Waals surface area contributed by atoms with Crippen molar-refractivity contribution in [2.45, 2.75) is 32.3 Å². The number of likely N-dealkylation sites (tertiary alicyclic amines) is 1. The third-order valence-corrected chi connectivity index (χ3v) is 4.28. The van der Waals surface area contributed by atoms with E-state index in [2.05, 4.69) is 4.90 Å². The zero-order chi connectivity index (χ0) is 14.8. The molecule has 0 spiro atoms. The van der Waals surface area contributed by atoms with E-state index in [1.807, 2.05) is 17.0 Å². The lowest BCUT2D eigenvalue weighted by molar-refractivity contribution is -0.125. The Morgan fingerprint density at radius 1 is 1.24 bits per heavy atom. The molecule has 2 aliphatic heterocycles. The summed E-state index contributed by atoms with van der Waals surface area (Å²) in [5.41, 5.74) is 7.30. The van der Waals surface area contributed by atoms with Crippen molar-refractivity contribution in [3.05, 3.63) is 18.2 Å². The van der Waals surface area contributed by atoms with Crippen LogP contribution in [0.2, 0.25) is 0 Å². The van der Waals surface area contributed by atoms with Crippen molar-refractivity contribution >= 4 is 17.3 Å². The van der Waals surface area contributed by atoms with Gasteiger partial charge in [0.15, 0.2) is 6.10 Å². The van der Waals surface area contributed by atoms with E-state index >= 15 is 0 Å². The molecule has 1 unspecified atom stereocenters. The first-order valence-corrected chi connectivity index (χ1v) is 7.75. The molecule has 2 N–H and O–H groups in total. The molecule has 1 amide bonds. The van der Waals surface area contributed by atoms with Gasteiger partial charge in [0.1, 0.15) is 5.75 Å². The zero-order valence-corrected chi connectivity index (χ0v) is 12.5. The Balaban J connectivity index is 1.75. The molecule has 1 aromatic carbocycles. The van der Waals surface area contributed by atoms with Gasteiger partial charge >= 0.3 is 0 Å². The summed E-state index contributed by atoms with van der Waals surface area (Å²) < 4.78 is 5.66. The van der Waals surface area contributed by atoms with Crippen molar-refractivity contribution in [3.8, 4) is 5.75 Å². The summed E-state index contributed by atoms with van der Waals surface area (Å²) in [5, 5.41) is 0. The van der Waals surface area contributed by atoms with E-state index in [0.717, 1.165) is 25.3 Å². The van der Waals surface area contributed by atoms with Gasteiger partial charge in [-0.3, -0.25) is 4.79 Å². The summed E-state index contributed by atoms with van der Waals surface area (Å²) in [4.78, 5) is 16.7. The van der Waals surface area contributed by atoms with Gasteiger partial charge in [-0.05, 0) is 45.0 Å². The minimum absolute atomic E-state index is 0.0317. The zero-order valence-electron chi connectivity index (χ0n) is 12.5. The van der Waals surface area contributed by atoms with Crippen LogP contribution in [0.25, 0.3) is 0 Å². The van der Waals surface area contributed by atoms with Crippen LogP contribution in [0.3, 0.4) is 0 Å². The fourth-order valence-corrected chi connectivity index (χ4v) is 3.08. The molecule has 0 aliphatic carbocycles. The van der Waals surface area contributed by atoms with Gasteiger partial charge in [-0.15, -0.1) is 0 Å². The maximum absolute atomic E-state index is 12.4. The summed E-state index contributed by atoms with van der Waals surface area (Å²) in [7, 11) is 0. The number of hydrogen-bond acceptors (Lipinski definition) is 4. The second-order valence-electron chi connectivity index (χ2n) is 5.88. The number of benzene rings is 1. The minimum Gasteiger partial charge on any atom is -0.479 e. The Hall–Kier alpha value is -1.75. The average molecular weight is 289 g/mol. The van der Waals surface area contributed by atoms with E-state index in [-0.39, 0.29) is 5.91 Å². The second-order valence-corrected chi connectivity index (χ2v) is 5.88. The minimum atomic E-state index is -0.444. The molecule has 0 bridgehead atoms. The van der Waals surface area contributed by atoms with E-state index in [9.17, 15) is 4.79 Å². The van der Waals surface area contributed by atoms with Gasteiger partial charge in [-0.25, -0.2) is 0 Å². The third kappa shape index (κ3) is 2.97. The topological polar surface area (TPSA) is 58.8 Å². The van der Waals surface area contributed by atoms with Crippen LogP contribution in [0.15, 0.2) is 18.2 Å². The smallest absolute Gasteiger partial charge is 0.267 e. The maximum Gasteiger partial charge on any atom is 0.267 e. The van der Waals surface area contributed by atoms with Crippen LogP contribution in [-0.2, 0) is 4.79 Å². The molecule has 21 heavy (non-hydrogen) atoms. The van der Waals surface area contributed by atoms with Crippen molar-refractivity contribution in [2.24, 2.45) is 0 Å². The number of piperidine rings is 1.